The van der Waals surface area contributed by atoms with E-state index in [2.05, 4.69) is 31.6 Å². The van der Waals surface area contributed by atoms with Crippen LogP contribution in [0.3, 0.4) is 0 Å². The molecule has 0 aromatic carbocycles. The van der Waals surface area contributed by atoms with Gasteiger partial charge in [-0.3, -0.25) is 9.69 Å². The average Bonchev–Trinajstić information content (AvgIpc) is 2.69. The van der Waals surface area contributed by atoms with Gasteiger partial charge in [-0.05, 0) is 18.6 Å². The molecule has 0 spiro atoms. The maximum absolute atomic E-state index is 11.0. The molecule has 0 atom stereocenters. The number of nitrogens with one attached hydrogen (secondary N) is 1. The van der Waals surface area contributed by atoms with Crippen LogP contribution in [0.1, 0.15) is 19.2 Å². The van der Waals surface area contributed by atoms with Crippen molar-refractivity contribution >= 4 is 11.4 Å². The van der Waals surface area contributed by atoms with E-state index in [1.807, 2.05) is 0 Å². The molecule has 15 heavy (non-hydrogen) atoms. The third-order valence-electron chi connectivity index (χ3n) is 2.31. The van der Waals surface area contributed by atoms with Crippen molar-refractivity contribution in [3.05, 3.63) is 11.9 Å². The minimum Gasteiger partial charge on any atom is -0.299 e. The lowest BCUT2D eigenvalue weighted by Crippen LogP contribution is -2.33. The van der Waals surface area contributed by atoms with E-state index in [-0.39, 0.29) is 5.78 Å². The van der Waals surface area contributed by atoms with E-state index >= 15 is 0 Å². The first-order valence-electron chi connectivity index (χ1n) is 4.90. The highest BCUT2D eigenvalue weighted by atomic mass is 16.1. The SMILES string of the molecule is CC(=O)CN1CCC=C(c2nn[nH]n2)C1. The van der Waals surface area contributed by atoms with E-state index in [4.69, 9.17) is 0 Å². The molecular weight excluding hydrogens is 194 g/mol. The fraction of sp³-hybridized carbons (Fsp3) is 0.556. The van der Waals surface area contributed by atoms with Crippen molar-refractivity contribution in [1.29, 1.82) is 0 Å². The molecule has 0 fully saturated rings. The standard InChI is InChI=1S/C9H13N5O/c1-7(15)5-14-4-2-3-8(6-14)9-10-12-13-11-9/h3H,2,4-6H2,1H3,(H,10,11,12,13). The van der Waals surface area contributed by atoms with Gasteiger partial charge >= 0.3 is 0 Å². The molecule has 6 heteroatoms. The Bertz CT molecular complexity index is 370. The summed E-state index contributed by atoms with van der Waals surface area (Å²) in [6.07, 6.45) is 3.03. The van der Waals surface area contributed by atoms with Crippen LogP contribution in [0, 0.1) is 0 Å². The van der Waals surface area contributed by atoms with Gasteiger partial charge in [0.05, 0.1) is 6.54 Å². The molecule has 0 saturated heterocycles. The Hall–Kier alpha value is -1.56. The van der Waals surface area contributed by atoms with E-state index in [1.165, 1.54) is 0 Å². The first kappa shape index (κ1) is 9.97. The van der Waals surface area contributed by atoms with Crippen LogP contribution in [-0.4, -0.2) is 50.9 Å². The second-order valence-electron chi connectivity index (χ2n) is 3.67. The van der Waals surface area contributed by atoms with Crippen molar-refractivity contribution in [2.75, 3.05) is 19.6 Å². The summed E-state index contributed by atoms with van der Waals surface area (Å²) in [6.45, 7) is 3.74. The van der Waals surface area contributed by atoms with Gasteiger partial charge in [0.25, 0.3) is 0 Å². The summed E-state index contributed by atoms with van der Waals surface area (Å²) in [4.78, 5) is 13.1. The second-order valence-corrected chi connectivity index (χ2v) is 3.67. The Balaban J connectivity index is 2.03. The predicted octanol–water partition coefficient (Wildman–Crippen LogP) is -0.122. The molecule has 80 valence electrons. The molecule has 0 radical (unpaired) electrons. The molecular formula is C9H13N5O. The van der Waals surface area contributed by atoms with Crippen molar-refractivity contribution < 1.29 is 4.79 Å². The number of nitrogens with zero attached hydrogens (tertiary/aromatic N) is 4. The minimum atomic E-state index is 0.185. The third kappa shape index (κ3) is 2.47. The Morgan fingerprint density at radius 3 is 3.20 bits per heavy atom. The van der Waals surface area contributed by atoms with E-state index in [9.17, 15) is 4.79 Å². The average molecular weight is 207 g/mol. The number of carbonyl (C=O) groups is 1. The highest BCUT2D eigenvalue weighted by Crippen LogP contribution is 2.16. The lowest BCUT2D eigenvalue weighted by atomic mass is 10.1. The number of hydrogen-bond donors (Lipinski definition) is 1. The van der Waals surface area contributed by atoms with Crippen LogP contribution in [0.15, 0.2) is 6.08 Å². The maximum atomic E-state index is 11.0. The number of aromatic nitrogens is 4. The van der Waals surface area contributed by atoms with Gasteiger partial charge in [-0.2, -0.15) is 5.21 Å². The smallest absolute Gasteiger partial charge is 0.201 e. The molecule has 0 aliphatic carbocycles. The Morgan fingerprint density at radius 2 is 2.53 bits per heavy atom. The van der Waals surface area contributed by atoms with Gasteiger partial charge < -0.3 is 0 Å². The minimum absolute atomic E-state index is 0.185. The van der Waals surface area contributed by atoms with Crippen LogP contribution >= 0.6 is 0 Å². The zero-order chi connectivity index (χ0) is 10.7. The van der Waals surface area contributed by atoms with Gasteiger partial charge in [0.2, 0.25) is 5.82 Å². The number of rotatable bonds is 3. The molecule has 6 nitrogen and oxygen atoms in total. The molecule has 1 aromatic heterocycles. The topological polar surface area (TPSA) is 74.8 Å². The number of Topliss-reactive ketones (excluding diaryl/α,β-unsaturated/α-hetero) is 1. The van der Waals surface area contributed by atoms with Gasteiger partial charge in [0, 0.05) is 18.7 Å². The van der Waals surface area contributed by atoms with Gasteiger partial charge in [-0.1, -0.05) is 6.08 Å². The monoisotopic (exact) mass is 207 g/mol. The molecule has 2 heterocycles. The molecule has 1 aromatic rings. The van der Waals surface area contributed by atoms with Crippen molar-refractivity contribution in [2.45, 2.75) is 13.3 Å². The quantitative estimate of drug-likeness (QED) is 0.747. The van der Waals surface area contributed by atoms with Crippen LogP contribution in [0.25, 0.3) is 5.57 Å². The van der Waals surface area contributed by atoms with Gasteiger partial charge in [-0.25, -0.2) is 0 Å². The van der Waals surface area contributed by atoms with Gasteiger partial charge in [0.1, 0.15) is 5.78 Å². The van der Waals surface area contributed by atoms with E-state index < -0.39 is 0 Å². The van der Waals surface area contributed by atoms with Gasteiger partial charge in [-0.15, -0.1) is 10.2 Å². The van der Waals surface area contributed by atoms with Crippen LogP contribution in [0.4, 0.5) is 0 Å². The van der Waals surface area contributed by atoms with Crippen molar-refractivity contribution in [3.63, 3.8) is 0 Å². The summed E-state index contributed by atoms with van der Waals surface area (Å²) in [6, 6.07) is 0. The Labute approximate surface area is 87.4 Å². The first-order chi connectivity index (χ1) is 7.25. The fourth-order valence-corrected chi connectivity index (χ4v) is 1.72. The molecule has 0 unspecified atom stereocenters. The number of tetrazole rings is 1. The maximum Gasteiger partial charge on any atom is 0.201 e. The summed E-state index contributed by atoms with van der Waals surface area (Å²) in [7, 11) is 0. The summed E-state index contributed by atoms with van der Waals surface area (Å²) < 4.78 is 0. The van der Waals surface area contributed by atoms with Crippen molar-refractivity contribution in [2.24, 2.45) is 0 Å². The normalized spacial score (nSPS) is 17.5. The van der Waals surface area contributed by atoms with Crippen LogP contribution in [0.5, 0.6) is 0 Å². The highest BCUT2D eigenvalue weighted by molar-refractivity contribution is 5.78. The second kappa shape index (κ2) is 4.31. The number of H-pyrrole nitrogens is 1. The third-order valence-corrected chi connectivity index (χ3v) is 2.31. The number of hydrogen-bond acceptors (Lipinski definition) is 5. The molecule has 0 bridgehead atoms. The molecule has 0 amide bonds. The molecule has 0 saturated carbocycles. The van der Waals surface area contributed by atoms with E-state index in [0.29, 0.717) is 12.4 Å². The van der Waals surface area contributed by atoms with Crippen molar-refractivity contribution in [1.82, 2.24) is 25.5 Å². The number of aromatic amines is 1. The van der Waals surface area contributed by atoms with Crippen molar-refractivity contribution in [3.8, 4) is 0 Å². The Kier molecular flexibility index (Phi) is 2.86. The lowest BCUT2D eigenvalue weighted by molar-refractivity contribution is -0.118. The van der Waals surface area contributed by atoms with Gasteiger partial charge in [0.15, 0.2) is 0 Å². The first-order valence-corrected chi connectivity index (χ1v) is 4.90. The number of carbonyl (C=O) groups excluding carboxylic acids is 1. The zero-order valence-corrected chi connectivity index (χ0v) is 8.60. The number of ketones is 1. The van der Waals surface area contributed by atoms with Crippen LogP contribution < -0.4 is 0 Å². The molecule has 1 aliphatic rings. The van der Waals surface area contributed by atoms with E-state index in [1.54, 1.807) is 6.92 Å². The van der Waals surface area contributed by atoms with E-state index in [0.717, 1.165) is 25.1 Å². The molecule has 1 N–H and O–H groups in total. The largest absolute Gasteiger partial charge is 0.299 e. The summed E-state index contributed by atoms with van der Waals surface area (Å²) in [5.74, 6) is 0.813. The lowest BCUT2D eigenvalue weighted by Gasteiger charge is -2.24. The fourth-order valence-electron chi connectivity index (χ4n) is 1.72. The summed E-state index contributed by atoms with van der Waals surface area (Å²) in [5, 5.41) is 13.8. The highest BCUT2D eigenvalue weighted by Gasteiger charge is 2.17. The molecule has 2 rings (SSSR count). The summed E-state index contributed by atoms with van der Waals surface area (Å²) in [5.41, 5.74) is 1.04. The Morgan fingerprint density at radius 1 is 1.67 bits per heavy atom. The van der Waals surface area contributed by atoms with Crippen LogP contribution in [0.2, 0.25) is 0 Å². The molecule has 1 aliphatic heterocycles. The predicted molar refractivity (Wildman–Crippen MR) is 53.9 cm³/mol. The van der Waals surface area contributed by atoms with Crippen LogP contribution in [-0.2, 0) is 4.79 Å². The summed E-state index contributed by atoms with van der Waals surface area (Å²) >= 11 is 0. The zero-order valence-electron chi connectivity index (χ0n) is 8.60.